The highest BCUT2D eigenvalue weighted by molar-refractivity contribution is 5.68. The molecule has 6 heteroatoms. The Balaban J connectivity index is 1.78. The Labute approximate surface area is 165 Å². The van der Waals surface area contributed by atoms with Crippen molar-refractivity contribution < 1.29 is 9.53 Å². The first kappa shape index (κ1) is 19.5. The number of nitrogens with one attached hydrogen (secondary N) is 1. The number of rotatable bonds is 5. The predicted molar refractivity (Wildman–Crippen MR) is 110 cm³/mol. The van der Waals surface area contributed by atoms with Gasteiger partial charge in [-0.1, -0.05) is 42.5 Å². The molecular weight excluding hydrogens is 352 g/mol. The quantitative estimate of drug-likeness (QED) is 0.636. The molecule has 0 fully saturated rings. The average molecular weight is 378 g/mol. The summed E-state index contributed by atoms with van der Waals surface area (Å²) in [6.45, 7) is 6.33. The molecule has 28 heavy (non-hydrogen) atoms. The van der Waals surface area contributed by atoms with E-state index < -0.39 is 5.60 Å². The topological polar surface area (TPSA) is 84.2 Å². The van der Waals surface area contributed by atoms with Crippen molar-refractivity contribution in [1.82, 2.24) is 14.9 Å². The number of nitrogens with zero attached hydrogens (tertiary/aromatic N) is 2. The van der Waals surface area contributed by atoms with E-state index in [1.165, 1.54) is 0 Å². The second kappa shape index (κ2) is 8.17. The van der Waals surface area contributed by atoms with Gasteiger partial charge in [0.1, 0.15) is 11.4 Å². The third-order valence-electron chi connectivity index (χ3n) is 4.06. The van der Waals surface area contributed by atoms with Gasteiger partial charge >= 0.3 is 6.09 Å². The van der Waals surface area contributed by atoms with Gasteiger partial charge in [0.05, 0.1) is 18.4 Å². The van der Waals surface area contributed by atoms with Crippen LogP contribution in [-0.2, 0) is 17.8 Å². The molecule has 1 amide bonds. The Morgan fingerprint density at radius 3 is 2.39 bits per heavy atom. The molecule has 3 rings (SSSR count). The first-order valence-corrected chi connectivity index (χ1v) is 9.22. The summed E-state index contributed by atoms with van der Waals surface area (Å²) in [5, 5.41) is 0. The van der Waals surface area contributed by atoms with E-state index in [2.05, 4.69) is 9.97 Å². The van der Waals surface area contributed by atoms with Crippen LogP contribution in [0.15, 0.2) is 60.8 Å². The summed E-state index contributed by atoms with van der Waals surface area (Å²) in [4.78, 5) is 22.1. The van der Waals surface area contributed by atoms with Gasteiger partial charge in [0.15, 0.2) is 0 Å². The summed E-state index contributed by atoms with van der Waals surface area (Å²) in [6, 6.07) is 17.4. The number of aromatic nitrogens is 2. The number of hydrogen-bond acceptors (Lipinski definition) is 4. The number of H-pyrrole nitrogens is 1. The number of aromatic amines is 1. The third kappa shape index (κ3) is 5.36. The van der Waals surface area contributed by atoms with Crippen LogP contribution in [0.25, 0.3) is 11.3 Å². The average Bonchev–Trinajstić information content (AvgIpc) is 3.10. The molecule has 0 aliphatic heterocycles. The van der Waals surface area contributed by atoms with Crippen LogP contribution in [0.4, 0.5) is 10.5 Å². The number of benzene rings is 2. The molecule has 1 heterocycles. The molecule has 0 atom stereocenters. The zero-order valence-electron chi connectivity index (χ0n) is 16.5. The minimum Gasteiger partial charge on any atom is -0.444 e. The van der Waals surface area contributed by atoms with E-state index in [1.54, 1.807) is 11.1 Å². The molecule has 0 unspecified atom stereocenters. The highest BCUT2D eigenvalue weighted by atomic mass is 16.6. The normalized spacial score (nSPS) is 11.2. The molecule has 0 saturated heterocycles. The molecule has 3 N–H and O–H groups in total. The lowest BCUT2D eigenvalue weighted by atomic mass is 10.1. The Hall–Kier alpha value is -3.28. The second-order valence-electron chi connectivity index (χ2n) is 7.69. The first-order valence-electron chi connectivity index (χ1n) is 9.22. The van der Waals surface area contributed by atoms with Crippen molar-refractivity contribution in [2.75, 3.05) is 5.73 Å². The molecule has 0 spiro atoms. The van der Waals surface area contributed by atoms with Crippen molar-refractivity contribution in [1.29, 1.82) is 0 Å². The zero-order valence-corrected chi connectivity index (χ0v) is 16.5. The van der Waals surface area contributed by atoms with Gasteiger partial charge in [-0.15, -0.1) is 0 Å². The van der Waals surface area contributed by atoms with Crippen molar-refractivity contribution in [3.05, 3.63) is 72.2 Å². The summed E-state index contributed by atoms with van der Waals surface area (Å²) >= 11 is 0. The fourth-order valence-corrected chi connectivity index (χ4v) is 2.75. The van der Waals surface area contributed by atoms with Crippen LogP contribution in [-0.4, -0.2) is 26.6 Å². The number of ether oxygens (including phenoxy) is 1. The maximum absolute atomic E-state index is 12.7. The van der Waals surface area contributed by atoms with Crippen molar-refractivity contribution >= 4 is 11.8 Å². The van der Waals surface area contributed by atoms with Gasteiger partial charge < -0.3 is 15.5 Å². The lowest BCUT2D eigenvalue weighted by Gasteiger charge is -2.27. The molecule has 0 radical (unpaired) electrons. The lowest BCUT2D eigenvalue weighted by molar-refractivity contribution is 0.0212. The summed E-state index contributed by atoms with van der Waals surface area (Å²) in [7, 11) is 0. The molecule has 1 aromatic heterocycles. The van der Waals surface area contributed by atoms with Crippen LogP contribution in [0.5, 0.6) is 0 Å². The van der Waals surface area contributed by atoms with Gasteiger partial charge in [-0.2, -0.15) is 0 Å². The van der Waals surface area contributed by atoms with Crippen LogP contribution in [0.1, 0.15) is 32.2 Å². The number of hydrogen-bond donors (Lipinski definition) is 2. The van der Waals surface area contributed by atoms with Crippen molar-refractivity contribution in [3.8, 4) is 11.3 Å². The lowest BCUT2D eigenvalue weighted by Crippen LogP contribution is -2.36. The number of carbonyl (C=O) groups excluding carboxylic acids is 1. The van der Waals surface area contributed by atoms with E-state index in [0.717, 1.165) is 16.8 Å². The Morgan fingerprint density at radius 2 is 1.75 bits per heavy atom. The standard InChI is InChI=1S/C22H26N4O2/c1-22(2,3)28-21(27)26(14-16-7-5-4-6-8-16)15-20-24-13-19(25-20)17-9-11-18(23)12-10-17/h4-13H,14-15,23H2,1-3H3,(H,24,25). The van der Waals surface area contributed by atoms with Gasteiger partial charge in [-0.25, -0.2) is 9.78 Å². The smallest absolute Gasteiger partial charge is 0.410 e. The predicted octanol–water partition coefficient (Wildman–Crippen LogP) is 4.60. The fourth-order valence-electron chi connectivity index (χ4n) is 2.75. The van der Waals surface area contributed by atoms with Crippen LogP contribution in [0, 0.1) is 0 Å². The maximum Gasteiger partial charge on any atom is 0.410 e. The molecule has 0 aliphatic rings. The first-order chi connectivity index (χ1) is 13.3. The molecule has 2 aromatic carbocycles. The van der Waals surface area contributed by atoms with Gasteiger partial charge in [0.25, 0.3) is 0 Å². The number of nitrogens with two attached hydrogens (primary N) is 1. The Bertz CT molecular complexity index is 912. The number of imidazole rings is 1. The molecule has 0 aliphatic carbocycles. The van der Waals surface area contributed by atoms with Gasteiger partial charge in [0.2, 0.25) is 0 Å². The van der Waals surface area contributed by atoms with Crippen molar-refractivity contribution in [3.63, 3.8) is 0 Å². The van der Waals surface area contributed by atoms with Gasteiger partial charge in [-0.3, -0.25) is 4.90 Å². The molecule has 0 saturated carbocycles. The minimum atomic E-state index is -0.565. The Kier molecular flexibility index (Phi) is 5.68. The van der Waals surface area contributed by atoms with E-state index >= 15 is 0 Å². The number of anilines is 1. The summed E-state index contributed by atoms with van der Waals surface area (Å²) < 4.78 is 5.58. The summed E-state index contributed by atoms with van der Waals surface area (Å²) in [5.74, 6) is 0.689. The van der Waals surface area contributed by atoms with Crippen molar-refractivity contribution in [2.24, 2.45) is 0 Å². The van der Waals surface area contributed by atoms with E-state index in [-0.39, 0.29) is 6.09 Å². The number of nitrogen functional groups attached to an aromatic ring is 1. The van der Waals surface area contributed by atoms with E-state index in [4.69, 9.17) is 10.5 Å². The highest BCUT2D eigenvalue weighted by Gasteiger charge is 2.23. The highest BCUT2D eigenvalue weighted by Crippen LogP contribution is 2.20. The van der Waals surface area contributed by atoms with Crippen molar-refractivity contribution in [2.45, 2.75) is 39.5 Å². The fraction of sp³-hybridized carbons (Fsp3) is 0.273. The monoisotopic (exact) mass is 378 g/mol. The zero-order chi connectivity index (χ0) is 20.1. The second-order valence-corrected chi connectivity index (χ2v) is 7.69. The van der Waals surface area contributed by atoms with Gasteiger partial charge in [0, 0.05) is 12.2 Å². The van der Waals surface area contributed by atoms with E-state index in [1.807, 2.05) is 75.4 Å². The number of amides is 1. The number of carbonyl (C=O) groups is 1. The van der Waals surface area contributed by atoms with E-state index in [9.17, 15) is 4.79 Å². The largest absolute Gasteiger partial charge is 0.444 e. The summed E-state index contributed by atoms with van der Waals surface area (Å²) in [6.07, 6.45) is 1.39. The van der Waals surface area contributed by atoms with Crippen LogP contribution in [0.3, 0.4) is 0 Å². The van der Waals surface area contributed by atoms with E-state index in [0.29, 0.717) is 24.6 Å². The maximum atomic E-state index is 12.7. The van der Waals surface area contributed by atoms with Crippen LogP contribution < -0.4 is 5.73 Å². The molecule has 0 bridgehead atoms. The SMILES string of the molecule is CC(C)(C)OC(=O)N(Cc1ccccc1)Cc1ncc(-c2ccc(N)cc2)[nH]1. The van der Waals surface area contributed by atoms with Crippen LogP contribution in [0.2, 0.25) is 0 Å². The minimum absolute atomic E-state index is 0.318. The third-order valence-corrected chi connectivity index (χ3v) is 4.06. The Morgan fingerprint density at radius 1 is 1.07 bits per heavy atom. The summed E-state index contributed by atoms with van der Waals surface area (Å²) in [5.41, 5.74) is 8.78. The molecular formula is C22H26N4O2. The van der Waals surface area contributed by atoms with Gasteiger partial charge in [-0.05, 0) is 44.0 Å². The molecule has 6 nitrogen and oxygen atoms in total. The molecule has 146 valence electrons. The molecule has 3 aromatic rings. The van der Waals surface area contributed by atoms with Crippen LogP contribution >= 0.6 is 0 Å².